The number of nitrogens with zero attached hydrogens (tertiary/aromatic N) is 1. The molecule has 0 aliphatic rings. The SMILES string of the molecule is C[C@@H](C(=O)NC(C)(C)C)N(Cc1c(Cl)cccc1Cl)C(=O)CSCc1c(F)cccc1Cl. The maximum absolute atomic E-state index is 14.0. The molecule has 0 spiro atoms. The Morgan fingerprint density at radius 1 is 1.03 bits per heavy atom. The predicted octanol–water partition coefficient (Wildman–Crippen LogP) is 6.35. The van der Waals surface area contributed by atoms with Crippen LogP contribution in [0, 0.1) is 5.82 Å². The fourth-order valence-electron chi connectivity index (χ4n) is 2.90. The van der Waals surface area contributed by atoms with Crippen molar-refractivity contribution in [2.75, 3.05) is 5.75 Å². The third kappa shape index (κ3) is 7.55. The van der Waals surface area contributed by atoms with Crippen molar-refractivity contribution in [2.24, 2.45) is 0 Å². The molecule has 2 aromatic carbocycles. The topological polar surface area (TPSA) is 49.4 Å². The number of benzene rings is 2. The number of thioether (sulfide) groups is 1. The molecule has 0 fully saturated rings. The van der Waals surface area contributed by atoms with Gasteiger partial charge in [-0.1, -0.05) is 46.9 Å². The summed E-state index contributed by atoms with van der Waals surface area (Å²) in [6.45, 7) is 7.31. The third-order valence-electron chi connectivity index (χ3n) is 4.59. The lowest BCUT2D eigenvalue weighted by atomic mass is 10.1. The van der Waals surface area contributed by atoms with E-state index in [-0.39, 0.29) is 29.9 Å². The Labute approximate surface area is 207 Å². The van der Waals surface area contributed by atoms with E-state index in [2.05, 4.69) is 5.32 Å². The Morgan fingerprint density at radius 3 is 2.09 bits per heavy atom. The van der Waals surface area contributed by atoms with Crippen molar-refractivity contribution in [3.63, 3.8) is 0 Å². The molecule has 4 nitrogen and oxygen atoms in total. The molecule has 2 aromatic rings. The smallest absolute Gasteiger partial charge is 0.242 e. The molecule has 2 rings (SSSR count). The highest BCUT2D eigenvalue weighted by atomic mass is 35.5. The molecule has 2 amide bonds. The van der Waals surface area contributed by atoms with Crippen molar-refractivity contribution in [1.82, 2.24) is 10.2 Å². The molecule has 0 saturated carbocycles. The van der Waals surface area contributed by atoms with E-state index in [9.17, 15) is 14.0 Å². The van der Waals surface area contributed by atoms with Gasteiger partial charge >= 0.3 is 0 Å². The van der Waals surface area contributed by atoms with Crippen molar-refractivity contribution in [3.05, 3.63) is 68.4 Å². The second kappa shape index (κ2) is 11.6. The molecule has 9 heteroatoms. The minimum atomic E-state index is -0.772. The second-order valence-corrected chi connectivity index (χ2v) is 10.5. The average Bonchev–Trinajstić information content (AvgIpc) is 2.68. The molecule has 174 valence electrons. The average molecular weight is 520 g/mol. The van der Waals surface area contributed by atoms with E-state index in [1.165, 1.54) is 28.8 Å². The van der Waals surface area contributed by atoms with E-state index in [0.717, 1.165) is 0 Å². The number of amides is 2. The first-order valence-electron chi connectivity index (χ1n) is 9.95. The van der Waals surface area contributed by atoms with Crippen LogP contribution in [0.3, 0.4) is 0 Å². The highest BCUT2D eigenvalue weighted by Crippen LogP contribution is 2.28. The van der Waals surface area contributed by atoms with Crippen molar-refractivity contribution in [1.29, 1.82) is 0 Å². The number of halogens is 4. The lowest BCUT2D eigenvalue weighted by Gasteiger charge is -2.32. The van der Waals surface area contributed by atoms with E-state index in [0.29, 0.717) is 26.2 Å². The van der Waals surface area contributed by atoms with Crippen LogP contribution in [0.15, 0.2) is 36.4 Å². The number of hydrogen-bond acceptors (Lipinski definition) is 3. The molecule has 0 aromatic heterocycles. The van der Waals surface area contributed by atoms with Gasteiger partial charge < -0.3 is 10.2 Å². The van der Waals surface area contributed by atoms with E-state index in [1.807, 2.05) is 20.8 Å². The molecule has 0 aliphatic heterocycles. The van der Waals surface area contributed by atoms with Crippen molar-refractivity contribution < 1.29 is 14.0 Å². The van der Waals surface area contributed by atoms with Crippen LogP contribution in [0.5, 0.6) is 0 Å². The standard InChI is InChI=1S/C23H26Cl3FN2O2S/c1-14(22(31)28-23(2,3)4)29(11-15-17(24)7-5-8-18(15)25)21(30)13-32-12-16-19(26)9-6-10-20(16)27/h5-10,14H,11-13H2,1-4H3,(H,28,31)/t14-/m0/s1. The minimum Gasteiger partial charge on any atom is -0.350 e. The monoisotopic (exact) mass is 518 g/mol. The summed E-state index contributed by atoms with van der Waals surface area (Å²) in [5, 5.41) is 4.02. The maximum atomic E-state index is 14.0. The summed E-state index contributed by atoms with van der Waals surface area (Å²) in [5.74, 6) is -0.762. The zero-order valence-electron chi connectivity index (χ0n) is 18.3. The molecule has 0 heterocycles. The highest BCUT2D eigenvalue weighted by molar-refractivity contribution is 7.99. The molecular formula is C23H26Cl3FN2O2S. The summed E-state index contributed by atoms with van der Waals surface area (Å²) in [6.07, 6.45) is 0. The van der Waals surface area contributed by atoms with E-state index in [1.54, 1.807) is 31.2 Å². The van der Waals surface area contributed by atoms with Crippen LogP contribution >= 0.6 is 46.6 Å². The molecule has 0 saturated heterocycles. The fraction of sp³-hybridized carbons (Fsp3) is 0.391. The van der Waals surface area contributed by atoms with Crippen LogP contribution in [0.1, 0.15) is 38.8 Å². The van der Waals surface area contributed by atoms with Gasteiger partial charge in [-0.2, -0.15) is 0 Å². The Bertz CT molecular complexity index is 942. The molecule has 1 N–H and O–H groups in total. The summed E-state index contributed by atoms with van der Waals surface area (Å²) in [6, 6.07) is 8.76. The number of rotatable bonds is 8. The van der Waals surface area contributed by atoms with Crippen LogP contribution in [0.4, 0.5) is 4.39 Å². The molecule has 32 heavy (non-hydrogen) atoms. The lowest BCUT2D eigenvalue weighted by molar-refractivity contribution is -0.139. The quantitative estimate of drug-likeness (QED) is 0.442. The van der Waals surface area contributed by atoms with Crippen LogP contribution in [-0.4, -0.2) is 34.0 Å². The lowest BCUT2D eigenvalue weighted by Crippen LogP contribution is -2.52. The van der Waals surface area contributed by atoms with Gasteiger partial charge in [-0.25, -0.2) is 4.39 Å². The van der Waals surface area contributed by atoms with Crippen molar-refractivity contribution in [3.8, 4) is 0 Å². The number of hydrogen-bond donors (Lipinski definition) is 1. The van der Waals surface area contributed by atoms with Gasteiger partial charge in [0.15, 0.2) is 0 Å². The summed E-state index contributed by atoms with van der Waals surface area (Å²) < 4.78 is 14.0. The number of carbonyl (C=O) groups excluding carboxylic acids is 2. The predicted molar refractivity (Wildman–Crippen MR) is 132 cm³/mol. The summed E-state index contributed by atoms with van der Waals surface area (Å²) in [5.41, 5.74) is 0.436. The number of carbonyl (C=O) groups is 2. The minimum absolute atomic E-state index is 0.0277. The summed E-state index contributed by atoms with van der Waals surface area (Å²) in [4.78, 5) is 27.4. The van der Waals surface area contributed by atoms with E-state index in [4.69, 9.17) is 34.8 Å². The van der Waals surface area contributed by atoms with Gasteiger partial charge in [-0.3, -0.25) is 9.59 Å². The summed E-state index contributed by atoms with van der Waals surface area (Å²) in [7, 11) is 0. The van der Waals surface area contributed by atoms with Crippen LogP contribution in [0.25, 0.3) is 0 Å². The zero-order valence-corrected chi connectivity index (χ0v) is 21.4. The van der Waals surface area contributed by atoms with Gasteiger partial charge in [0.1, 0.15) is 11.9 Å². The first-order chi connectivity index (χ1) is 14.9. The van der Waals surface area contributed by atoms with Crippen molar-refractivity contribution in [2.45, 2.75) is 51.6 Å². The van der Waals surface area contributed by atoms with Gasteiger partial charge in [0.25, 0.3) is 0 Å². The van der Waals surface area contributed by atoms with Crippen LogP contribution < -0.4 is 5.32 Å². The van der Waals surface area contributed by atoms with Gasteiger partial charge in [-0.05, 0) is 52.0 Å². The van der Waals surface area contributed by atoms with Gasteiger partial charge in [-0.15, -0.1) is 11.8 Å². The molecular weight excluding hydrogens is 494 g/mol. The van der Waals surface area contributed by atoms with Crippen LogP contribution in [0.2, 0.25) is 15.1 Å². The zero-order chi connectivity index (χ0) is 24.1. The summed E-state index contributed by atoms with van der Waals surface area (Å²) >= 11 is 19.9. The van der Waals surface area contributed by atoms with E-state index >= 15 is 0 Å². The third-order valence-corrected chi connectivity index (χ3v) is 6.60. The Balaban J connectivity index is 2.20. The molecule has 0 aliphatic carbocycles. The van der Waals surface area contributed by atoms with Gasteiger partial charge in [0.05, 0.1) is 5.75 Å². The Morgan fingerprint density at radius 2 is 1.56 bits per heavy atom. The van der Waals surface area contributed by atoms with Crippen LogP contribution in [-0.2, 0) is 21.9 Å². The normalized spacial score (nSPS) is 12.4. The fourth-order valence-corrected chi connectivity index (χ4v) is 4.67. The van der Waals surface area contributed by atoms with Gasteiger partial charge in [0.2, 0.25) is 11.8 Å². The first-order valence-corrected chi connectivity index (χ1v) is 12.2. The second-order valence-electron chi connectivity index (χ2n) is 8.33. The Kier molecular flexibility index (Phi) is 9.70. The van der Waals surface area contributed by atoms with Crippen molar-refractivity contribution >= 4 is 58.4 Å². The maximum Gasteiger partial charge on any atom is 0.242 e. The largest absolute Gasteiger partial charge is 0.350 e. The van der Waals surface area contributed by atoms with E-state index < -0.39 is 17.4 Å². The molecule has 0 bridgehead atoms. The Hall–Kier alpha value is -1.47. The number of nitrogens with one attached hydrogen (secondary N) is 1. The highest BCUT2D eigenvalue weighted by Gasteiger charge is 2.29. The molecule has 0 unspecified atom stereocenters. The molecule has 1 atom stereocenters. The van der Waals surface area contributed by atoms with Gasteiger partial charge in [0, 0.05) is 44.0 Å². The first kappa shape index (κ1) is 26.8. The molecule has 0 radical (unpaired) electrons.